The Kier molecular flexibility index (Phi) is 6.48. The van der Waals surface area contributed by atoms with E-state index in [2.05, 4.69) is 10.4 Å². The smallest absolute Gasteiger partial charge is 0.274 e. The van der Waals surface area contributed by atoms with Gasteiger partial charge in [-0.1, -0.05) is 19.1 Å². The maximum Gasteiger partial charge on any atom is 0.274 e. The summed E-state index contributed by atoms with van der Waals surface area (Å²) >= 11 is 0. The Morgan fingerprint density at radius 3 is 2.62 bits per heavy atom. The molecule has 8 nitrogen and oxygen atoms in total. The van der Waals surface area contributed by atoms with E-state index in [9.17, 15) is 14.4 Å². The number of amides is 2. The van der Waals surface area contributed by atoms with Crippen LogP contribution in [0.25, 0.3) is 0 Å². The summed E-state index contributed by atoms with van der Waals surface area (Å²) in [6.45, 7) is 2.17. The van der Waals surface area contributed by atoms with E-state index in [1.54, 1.807) is 24.3 Å². The monoisotopic (exact) mass is 358 g/mol. The zero-order chi connectivity index (χ0) is 19.1. The zero-order valence-corrected chi connectivity index (χ0v) is 15.1. The second-order valence-electron chi connectivity index (χ2n) is 5.66. The lowest BCUT2D eigenvalue weighted by Gasteiger charge is -2.21. The van der Waals surface area contributed by atoms with Crippen LogP contribution in [-0.2, 0) is 11.8 Å². The third kappa shape index (κ3) is 4.69. The van der Waals surface area contributed by atoms with Gasteiger partial charge in [-0.25, -0.2) is 4.68 Å². The number of nitrogens with one attached hydrogen (secondary N) is 1. The summed E-state index contributed by atoms with van der Waals surface area (Å²) in [5.41, 5.74) is 0.340. The van der Waals surface area contributed by atoms with Crippen molar-refractivity contribution >= 4 is 17.5 Å². The number of aromatic nitrogens is 2. The number of aryl methyl sites for hydroxylation is 1. The van der Waals surface area contributed by atoms with E-state index in [0.717, 1.165) is 4.68 Å². The highest BCUT2D eigenvalue weighted by molar-refractivity contribution is 5.98. The standard InChI is InChI=1S/C18H22N4O4/c1-4-11-22(18(25)14-9-10-17(24)21(2)20-14)12-16(23)19-13-7-5-6-8-15(13)26-3/h5-10H,4,11-12H2,1-3H3,(H,19,23). The number of rotatable bonds is 7. The van der Waals surface area contributed by atoms with Crippen LogP contribution in [0.1, 0.15) is 23.8 Å². The van der Waals surface area contributed by atoms with Crippen LogP contribution in [0.5, 0.6) is 5.75 Å². The molecule has 138 valence electrons. The topological polar surface area (TPSA) is 93.5 Å². The van der Waals surface area contributed by atoms with Crippen molar-refractivity contribution < 1.29 is 14.3 Å². The molecule has 0 aliphatic heterocycles. The fourth-order valence-electron chi connectivity index (χ4n) is 2.41. The van der Waals surface area contributed by atoms with Crippen LogP contribution >= 0.6 is 0 Å². The van der Waals surface area contributed by atoms with Crippen molar-refractivity contribution in [2.24, 2.45) is 7.05 Å². The van der Waals surface area contributed by atoms with Crippen molar-refractivity contribution in [2.45, 2.75) is 13.3 Å². The molecule has 1 N–H and O–H groups in total. The van der Waals surface area contributed by atoms with Gasteiger partial charge in [-0.2, -0.15) is 5.10 Å². The van der Waals surface area contributed by atoms with E-state index in [-0.39, 0.29) is 23.7 Å². The summed E-state index contributed by atoms with van der Waals surface area (Å²) in [7, 11) is 2.99. The molecular weight excluding hydrogens is 336 g/mol. The number of hydrogen-bond donors (Lipinski definition) is 1. The van der Waals surface area contributed by atoms with Crippen LogP contribution in [0.3, 0.4) is 0 Å². The van der Waals surface area contributed by atoms with Crippen molar-refractivity contribution in [3.8, 4) is 5.75 Å². The number of benzene rings is 1. The second-order valence-corrected chi connectivity index (χ2v) is 5.66. The highest BCUT2D eigenvalue weighted by Gasteiger charge is 2.20. The lowest BCUT2D eigenvalue weighted by molar-refractivity contribution is -0.116. The third-order valence-electron chi connectivity index (χ3n) is 3.68. The van der Waals surface area contributed by atoms with Crippen LogP contribution in [0.2, 0.25) is 0 Å². The number of anilines is 1. The van der Waals surface area contributed by atoms with Gasteiger partial charge >= 0.3 is 0 Å². The van der Waals surface area contributed by atoms with E-state index in [4.69, 9.17) is 4.74 Å². The average molecular weight is 358 g/mol. The molecule has 1 aromatic heterocycles. The van der Waals surface area contributed by atoms with Crippen molar-refractivity contribution in [3.05, 3.63) is 52.4 Å². The SMILES string of the molecule is CCCN(CC(=O)Nc1ccccc1OC)C(=O)c1ccc(=O)n(C)n1. The number of para-hydroxylation sites is 2. The molecular formula is C18H22N4O4. The molecule has 8 heteroatoms. The van der Waals surface area contributed by atoms with Gasteiger partial charge in [0.05, 0.1) is 12.8 Å². The number of hydrogen-bond acceptors (Lipinski definition) is 5. The van der Waals surface area contributed by atoms with Gasteiger partial charge in [0.2, 0.25) is 5.91 Å². The minimum atomic E-state index is -0.405. The van der Waals surface area contributed by atoms with Gasteiger partial charge in [-0.05, 0) is 24.6 Å². The molecule has 0 aliphatic carbocycles. The first-order chi connectivity index (χ1) is 12.5. The largest absolute Gasteiger partial charge is 0.495 e. The zero-order valence-electron chi connectivity index (χ0n) is 15.1. The molecule has 0 saturated carbocycles. The summed E-state index contributed by atoms with van der Waals surface area (Å²) in [5, 5.41) is 6.70. The first kappa shape index (κ1) is 19.2. The van der Waals surface area contributed by atoms with Crippen molar-refractivity contribution in [3.63, 3.8) is 0 Å². The van der Waals surface area contributed by atoms with Crippen molar-refractivity contribution in [1.82, 2.24) is 14.7 Å². The van der Waals surface area contributed by atoms with Gasteiger partial charge in [0, 0.05) is 19.7 Å². The van der Waals surface area contributed by atoms with Crippen LogP contribution in [-0.4, -0.2) is 46.7 Å². The summed E-state index contributed by atoms with van der Waals surface area (Å²) < 4.78 is 6.29. The van der Waals surface area contributed by atoms with Crippen LogP contribution in [0.4, 0.5) is 5.69 Å². The molecule has 0 radical (unpaired) electrons. The number of methoxy groups -OCH3 is 1. The molecule has 0 unspecified atom stereocenters. The van der Waals surface area contributed by atoms with Gasteiger partial charge in [0.25, 0.3) is 11.5 Å². The third-order valence-corrected chi connectivity index (χ3v) is 3.68. The Bertz CT molecular complexity index is 847. The van der Waals surface area contributed by atoms with E-state index >= 15 is 0 Å². The quantitative estimate of drug-likeness (QED) is 0.805. The lowest BCUT2D eigenvalue weighted by Crippen LogP contribution is -2.39. The molecule has 0 fully saturated rings. The predicted octanol–water partition coefficient (Wildman–Crippen LogP) is 1.28. The lowest BCUT2D eigenvalue weighted by atomic mass is 10.2. The molecule has 0 saturated heterocycles. The van der Waals surface area contributed by atoms with Gasteiger partial charge in [-0.3, -0.25) is 14.4 Å². The Hall–Kier alpha value is -3.16. The predicted molar refractivity (Wildman–Crippen MR) is 97.3 cm³/mol. The molecule has 0 spiro atoms. The summed E-state index contributed by atoms with van der Waals surface area (Å²) in [4.78, 5) is 37.9. The summed E-state index contributed by atoms with van der Waals surface area (Å²) in [6, 6.07) is 9.68. The van der Waals surface area contributed by atoms with Crippen LogP contribution < -0.4 is 15.6 Å². The van der Waals surface area contributed by atoms with E-state index in [0.29, 0.717) is 24.4 Å². The molecule has 2 rings (SSSR count). The first-order valence-electron chi connectivity index (χ1n) is 8.22. The Morgan fingerprint density at radius 2 is 1.96 bits per heavy atom. The second kappa shape index (κ2) is 8.80. The van der Waals surface area contributed by atoms with Crippen molar-refractivity contribution in [2.75, 3.05) is 25.5 Å². The molecule has 26 heavy (non-hydrogen) atoms. The van der Waals surface area contributed by atoms with E-state index in [1.165, 1.54) is 31.2 Å². The first-order valence-corrected chi connectivity index (χ1v) is 8.22. The number of nitrogens with zero attached hydrogens (tertiary/aromatic N) is 3. The summed E-state index contributed by atoms with van der Waals surface area (Å²) in [6.07, 6.45) is 0.680. The molecule has 2 amide bonds. The Balaban J connectivity index is 2.13. The maximum atomic E-state index is 12.7. The Morgan fingerprint density at radius 1 is 1.23 bits per heavy atom. The molecule has 0 atom stereocenters. The molecule has 0 aliphatic rings. The molecule has 1 heterocycles. The fourth-order valence-corrected chi connectivity index (χ4v) is 2.41. The van der Waals surface area contributed by atoms with Crippen LogP contribution in [0.15, 0.2) is 41.2 Å². The van der Waals surface area contributed by atoms with Gasteiger partial charge in [0.15, 0.2) is 0 Å². The highest BCUT2D eigenvalue weighted by Crippen LogP contribution is 2.22. The normalized spacial score (nSPS) is 10.3. The number of carbonyl (C=O) groups is 2. The number of ether oxygens (including phenoxy) is 1. The van der Waals surface area contributed by atoms with Crippen LogP contribution in [0, 0.1) is 0 Å². The highest BCUT2D eigenvalue weighted by atomic mass is 16.5. The Labute approximate surface area is 151 Å². The average Bonchev–Trinajstić information content (AvgIpc) is 2.63. The minimum absolute atomic E-state index is 0.116. The number of carbonyl (C=O) groups excluding carboxylic acids is 2. The van der Waals surface area contributed by atoms with Gasteiger partial charge < -0.3 is 15.0 Å². The van der Waals surface area contributed by atoms with Crippen molar-refractivity contribution in [1.29, 1.82) is 0 Å². The summed E-state index contributed by atoms with van der Waals surface area (Å²) in [5.74, 6) is -0.215. The maximum absolute atomic E-state index is 12.7. The van der Waals surface area contributed by atoms with Gasteiger partial charge in [0.1, 0.15) is 18.0 Å². The van der Waals surface area contributed by atoms with Gasteiger partial charge in [-0.15, -0.1) is 0 Å². The molecule has 0 bridgehead atoms. The molecule has 2 aromatic rings. The molecule has 1 aromatic carbocycles. The van der Waals surface area contributed by atoms with E-state index in [1.807, 2.05) is 6.92 Å². The fraction of sp³-hybridized carbons (Fsp3) is 0.333. The van der Waals surface area contributed by atoms with E-state index < -0.39 is 5.91 Å². The minimum Gasteiger partial charge on any atom is -0.495 e.